The minimum Gasteiger partial charge on any atom is -0.478 e. The van der Waals surface area contributed by atoms with Gasteiger partial charge in [-0.25, -0.2) is 18.2 Å². The Morgan fingerprint density at radius 3 is 2.37 bits per heavy atom. The first-order valence-electron chi connectivity index (χ1n) is 10.9. The maximum Gasteiger partial charge on any atom is 0.336 e. The number of sulfone groups is 1. The smallest absolute Gasteiger partial charge is 0.336 e. The normalized spacial score (nSPS) is 12.8. The Hall–Kier alpha value is -4.62. The van der Waals surface area contributed by atoms with Gasteiger partial charge in [-0.15, -0.1) is 0 Å². The molecule has 12 nitrogen and oxygen atoms in total. The van der Waals surface area contributed by atoms with Crippen LogP contribution in [0, 0.1) is 0 Å². The van der Waals surface area contributed by atoms with Crippen LogP contribution in [-0.4, -0.2) is 47.6 Å². The zero-order valence-corrected chi connectivity index (χ0v) is 21.4. The molecule has 0 aliphatic rings. The van der Waals surface area contributed by atoms with E-state index in [9.17, 15) is 23.1 Å². The van der Waals surface area contributed by atoms with Crippen molar-refractivity contribution in [1.29, 1.82) is 0 Å². The molecule has 0 aliphatic carbocycles. The highest BCUT2D eigenvalue weighted by molar-refractivity contribution is 7.90. The number of nitrogens with zero attached hydrogens (tertiary/aromatic N) is 2. The second-order valence-corrected chi connectivity index (χ2v) is 10.6. The zero-order chi connectivity index (χ0) is 27.6. The molecule has 0 bridgehead atoms. The number of carboxylic acid groups (broad SMARTS) is 1. The van der Waals surface area contributed by atoms with Gasteiger partial charge in [-0.3, -0.25) is 4.79 Å². The number of nitrogens with one attached hydrogen (secondary N) is 3. The van der Waals surface area contributed by atoms with Gasteiger partial charge in [-0.2, -0.15) is 4.99 Å². The molecule has 0 aliphatic heterocycles. The quantitative estimate of drug-likeness (QED) is 0.112. The van der Waals surface area contributed by atoms with Gasteiger partial charge in [0.25, 0.3) is 5.91 Å². The number of nitrogens with two attached hydrogens (primary N) is 2. The number of aromatic amines is 1. The van der Waals surface area contributed by atoms with Crippen LogP contribution in [0.5, 0.6) is 0 Å². The summed E-state index contributed by atoms with van der Waals surface area (Å²) in [5.74, 6) is -1.68. The molecular formula is C24H22ClN7O5S. The van der Waals surface area contributed by atoms with Crippen molar-refractivity contribution in [3.05, 3.63) is 82.5 Å². The number of benzene rings is 3. The number of hydrogen-bond donors (Lipinski definition) is 6. The van der Waals surface area contributed by atoms with Crippen molar-refractivity contribution in [3.63, 3.8) is 0 Å². The number of halogens is 1. The van der Waals surface area contributed by atoms with Crippen LogP contribution in [-0.2, 0) is 16.4 Å². The van der Waals surface area contributed by atoms with Gasteiger partial charge < -0.3 is 32.2 Å². The average molecular weight is 556 g/mol. The minimum absolute atomic E-state index is 0.0503. The molecule has 0 atom stereocenters. The van der Waals surface area contributed by atoms with Crippen LogP contribution in [0.15, 0.2) is 75.5 Å². The zero-order valence-electron chi connectivity index (χ0n) is 19.8. The summed E-state index contributed by atoms with van der Waals surface area (Å²) < 4.78 is 23.5. The highest BCUT2D eigenvalue weighted by Crippen LogP contribution is 2.23. The summed E-state index contributed by atoms with van der Waals surface area (Å²) in [6, 6.07) is 13.8. The molecule has 38 heavy (non-hydrogen) atoms. The minimum atomic E-state index is -3.38. The molecule has 14 heteroatoms. The largest absolute Gasteiger partial charge is 0.478 e. The van der Waals surface area contributed by atoms with Crippen LogP contribution in [0.2, 0.25) is 0 Å². The van der Waals surface area contributed by atoms with E-state index in [0.717, 1.165) is 6.26 Å². The molecule has 0 fully saturated rings. The number of aliphatic imine (C=N–C) groups is 1. The van der Waals surface area contributed by atoms with Gasteiger partial charge >= 0.3 is 5.97 Å². The summed E-state index contributed by atoms with van der Waals surface area (Å²) in [5.41, 5.74) is 13.0. The fraction of sp³-hybridized carbons (Fsp3) is 0.0833. The molecule has 1 heterocycles. The molecule has 1 aromatic heterocycles. The number of rotatable bonds is 7. The second kappa shape index (κ2) is 10.4. The fourth-order valence-electron chi connectivity index (χ4n) is 3.70. The lowest BCUT2D eigenvalue weighted by atomic mass is 9.99. The van der Waals surface area contributed by atoms with Crippen LogP contribution in [0.1, 0.15) is 26.5 Å². The van der Waals surface area contributed by atoms with Gasteiger partial charge in [0.05, 0.1) is 28.0 Å². The Labute approximate surface area is 221 Å². The standard InChI is InChI=1S/C24H22ClN7O5S/c1-38(36,37)12-8-9-17-18(10-12)30-19(29-17)11-28-24(27)32-21(20(25)26)31-22(33)15-6-2-5-14-13(15)4-3-7-16(14)23(34)35/h2-10H,11,26H2,1H3,(H,29,30)(H,31,33)(H,34,35)(H3,27,28,32)/b21-20-. The molecular weight excluding hydrogens is 534 g/mol. The number of carboxylic acids is 1. The summed E-state index contributed by atoms with van der Waals surface area (Å²) in [5, 5.41) is 15.2. The molecule has 4 rings (SSSR count). The molecule has 0 radical (unpaired) electrons. The monoisotopic (exact) mass is 555 g/mol. The Bertz CT molecular complexity index is 1760. The molecule has 196 valence electrons. The topological polar surface area (TPSA) is 206 Å². The van der Waals surface area contributed by atoms with Gasteiger partial charge in [0.15, 0.2) is 21.6 Å². The van der Waals surface area contributed by atoms with Gasteiger partial charge in [0.1, 0.15) is 11.0 Å². The van der Waals surface area contributed by atoms with Crippen molar-refractivity contribution >= 4 is 61.1 Å². The summed E-state index contributed by atoms with van der Waals surface area (Å²) in [7, 11) is -3.38. The Morgan fingerprint density at radius 1 is 1.08 bits per heavy atom. The molecule has 0 saturated heterocycles. The van der Waals surface area contributed by atoms with E-state index in [1.807, 2.05) is 0 Å². The lowest BCUT2D eigenvalue weighted by molar-refractivity contribution is 0.0698. The van der Waals surface area contributed by atoms with E-state index in [4.69, 9.17) is 23.1 Å². The first-order chi connectivity index (χ1) is 17.9. The van der Waals surface area contributed by atoms with Crippen molar-refractivity contribution in [2.24, 2.45) is 16.5 Å². The first-order valence-corrected chi connectivity index (χ1v) is 13.2. The van der Waals surface area contributed by atoms with Crippen LogP contribution in [0.4, 0.5) is 0 Å². The van der Waals surface area contributed by atoms with Crippen LogP contribution < -0.4 is 22.1 Å². The number of carbonyl (C=O) groups excluding carboxylic acids is 1. The third-order valence-electron chi connectivity index (χ3n) is 5.46. The molecule has 8 N–H and O–H groups in total. The number of guanidine groups is 1. The number of imidazole rings is 1. The van der Waals surface area contributed by atoms with Crippen LogP contribution in [0.3, 0.4) is 0 Å². The number of fused-ring (bicyclic) bond motifs is 2. The number of aromatic nitrogens is 2. The number of H-pyrrole nitrogens is 1. The van der Waals surface area contributed by atoms with Crippen LogP contribution in [0.25, 0.3) is 21.8 Å². The van der Waals surface area contributed by atoms with Crippen molar-refractivity contribution in [2.75, 3.05) is 6.26 Å². The second-order valence-electron chi connectivity index (χ2n) is 8.15. The van der Waals surface area contributed by atoms with Gasteiger partial charge in [-0.1, -0.05) is 35.9 Å². The number of hydrogen-bond acceptors (Lipinski definition) is 7. The summed E-state index contributed by atoms with van der Waals surface area (Å²) >= 11 is 5.93. The Balaban J connectivity index is 1.51. The van der Waals surface area contributed by atoms with E-state index in [2.05, 4.69) is 25.6 Å². The Kier molecular flexibility index (Phi) is 7.23. The predicted octanol–water partition coefficient (Wildman–Crippen LogP) is 1.98. The summed E-state index contributed by atoms with van der Waals surface area (Å²) in [6.45, 7) is 0.0862. The van der Waals surface area contributed by atoms with E-state index in [1.165, 1.54) is 30.3 Å². The first kappa shape index (κ1) is 26.4. The lowest BCUT2D eigenvalue weighted by Gasteiger charge is -2.11. The Morgan fingerprint density at radius 2 is 1.74 bits per heavy atom. The predicted molar refractivity (Wildman–Crippen MR) is 143 cm³/mol. The van der Waals surface area contributed by atoms with E-state index in [1.54, 1.807) is 24.3 Å². The van der Waals surface area contributed by atoms with E-state index in [0.29, 0.717) is 27.6 Å². The number of carbonyl (C=O) groups is 2. The molecule has 0 unspecified atom stereocenters. The van der Waals surface area contributed by atoms with Gasteiger partial charge in [-0.05, 0) is 41.1 Å². The highest BCUT2D eigenvalue weighted by atomic mass is 35.5. The highest BCUT2D eigenvalue weighted by Gasteiger charge is 2.16. The third kappa shape index (κ3) is 5.68. The van der Waals surface area contributed by atoms with Crippen molar-refractivity contribution in [1.82, 2.24) is 20.6 Å². The number of amides is 1. The molecule has 0 saturated carbocycles. The lowest BCUT2D eigenvalue weighted by Crippen LogP contribution is -2.33. The number of aromatic carboxylic acids is 1. The van der Waals surface area contributed by atoms with Crippen molar-refractivity contribution < 1.29 is 23.1 Å². The van der Waals surface area contributed by atoms with Gasteiger partial charge in [0.2, 0.25) is 0 Å². The summed E-state index contributed by atoms with van der Waals surface area (Å²) in [6.07, 6.45) is 1.11. The molecule has 0 spiro atoms. The average Bonchev–Trinajstić information content (AvgIpc) is 3.28. The van der Waals surface area contributed by atoms with Gasteiger partial charge in [0, 0.05) is 11.8 Å². The maximum atomic E-state index is 13.0. The van der Waals surface area contributed by atoms with Crippen LogP contribution >= 0.6 is 11.6 Å². The molecule has 3 aromatic carbocycles. The maximum absolute atomic E-state index is 13.0. The van der Waals surface area contributed by atoms with Crippen molar-refractivity contribution in [3.8, 4) is 0 Å². The third-order valence-corrected chi connectivity index (χ3v) is 6.75. The van der Waals surface area contributed by atoms with E-state index < -0.39 is 21.7 Å². The fourth-order valence-corrected chi connectivity index (χ4v) is 4.43. The SMILES string of the molecule is CS(=O)(=O)c1ccc2[nH]c(CN/C(N)=N/C(NC(=O)c3cccc4c(C(=O)O)cccc34)=C(\N)Cl)nc2c1. The van der Waals surface area contributed by atoms with Crippen molar-refractivity contribution in [2.45, 2.75) is 11.4 Å². The molecule has 1 amide bonds. The molecule has 4 aromatic rings. The van der Waals surface area contributed by atoms with E-state index in [-0.39, 0.29) is 39.5 Å². The summed E-state index contributed by atoms with van der Waals surface area (Å²) in [4.78, 5) is 36.1. The van der Waals surface area contributed by atoms with E-state index >= 15 is 0 Å².